The molecule has 0 saturated carbocycles. The summed E-state index contributed by atoms with van der Waals surface area (Å²) < 4.78 is 0. The van der Waals surface area contributed by atoms with Gasteiger partial charge in [-0.15, -0.1) is 0 Å². The first kappa shape index (κ1) is 15.5. The Balaban J connectivity index is 1.99. The summed E-state index contributed by atoms with van der Waals surface area (Å²) in [4.78, 5) is 2.71. The fourth-order valence-electron chi connectivity index (χ4n) is 3.29. The van der Waals surface area contributed by atoms with Crippen molar-refractivity contribution in [2.75, 3.05) is 13.1 Å². The lowest BCUT2D eigenvalue weighted by Gasteiger charge is -2.45. The molecule has 1 N–H and O–H groups in total. The molecule has 1 saturated heterocycles. The average molecular weight is 274 g/mol. The molecule has 0 aliphatic carbocycles. The highest BCUT2D eigenvalue weighted by molar-refractivity contribution is 5.16. The Hall–Kier alpha value is -0.860. The molecule has 1 aromatic carbocycles. The molecule has 20 heavy (non-hydrogen) atoms. The fourth-order valence-corrected chi connectivity index (χ4v) is 3.29. The topological polar surface area (TPSA) is 15.3 Å². The summed E-state index contributed by atoms with van der Waals surface area (Å²) in [6.07, 6.45) is 2.40. The third kappa shape index (κ3) is 3.83. The normalized spacial score (nSPS) is 25.9. The van der Waals surface area contributed by atoms with Gasteiger partial charge in [0, 0.05) is 31.2 Å². The minimum Gasteiger partial charge on any atom is -0.311 e. The predicted octanol–water partition coefficient (Wildman–Crippen LogP) is 3.33. The van der Waals surface area contributed by atoms with Gasteiger partial charge in [0.05, 0.1) is 0 Å². The highest BCUT2D eigenvalue weighted by atomic mass is 15.3. The molecule has 2 rings (SSSR count). The van der Waals surface area contributed by atoms with E-state index in [0.29, 0.717) is 18.1 Å². The van der Waals surface area contributed by atoms with Crippen molar-refractivity contribution in [1.29, 1.82) is 0 Å². The third-order valence-electron chi connectivity index (χ3n) is 4.76. The van der Waals surface area contributed by atoms with Crippen LogP contribution in [0.15, 0.2) is 30.3 Å². The zero-order valence-corrected chi connectivity index (χ0v) is 13.5. The van der Waals surface area contributed by atoms with Gasteiger partial charge in [0.25, 0.3) is 0 Å². The van der Waals surface area contributed by atoms with Crippen LogP contribution in [0.1, 0.15) is 39.7 Å². The SMILES string of the molecule is CCC(C)C1CNC(Cc2ccccc2)CN1C(C)C. The van der Waals surface area contributed by atoms with Gasteiger partial charge in [-0.3, -0.25) is 4.90 Å². The van der Waals surface area contributed by atoms with Crippen molar-refractivity contribution < 1.29 is 0 Å². The number of nitrogens with one attached hydrogen (secondary N) is 1. The van der Waals surface area contributed by atoms with E-state index in [-0.39, 0.29) is 0 Å². The summed E-state index contributed by atoms with van der Waals surface area (Å²) in [6, 6.07) is 12.8. The van der Waals surface area contributed by atoms with E-state index in [1.807, 2.05) is 0 Å². The first-order chi connectivity index (χ1) is 9.61. The Morgan fingerprint density at radius 3 is 2.50 bits per heavy atom. The average Bonchev–Trinajstić information content (AvgIpc) is 2.47. The van der Waals surface area contributed by atoms with Crippen molar-refractivity contribution in [2.24, 2.45) is 5.92 Å². The molecule has 0 spiro atoms. The van der Waals surface area contributed by atoms with Crippen LogP contribution in [0, 0.1) is 5.92 Å². The molecule has 0 radical (unpaired) electrons. The Morgan fingerprint density at radius 1 is 1.20 bits per heavy atom. The quantitative estimate of drug-likeness (QED) is 0.886. The lowest BCUT2D eigenvalue weighted by atomic mass is 9.92. The lowest BCUT2D eigenvalue weighted by molar-refractivity contribution is 0.0632. The van der Waals surface area contributed by atoms with Crippen LogP contribution in [0.25, 0.3) is 0 Å². The van der Waals surface area contributed by atoms with E-state index in [0.717, 1.165) is 18.9 Å². The molecule has 0 aromatic heterocycles. The molecule has 1 fully saturated rings. The van der Waals surface area contributed by atoms with Gasteiger partial charge in [-0.2, -0.15) is 0 Å². The lowest BCUT2D eigenvalue weighted by Crippen LogP contribution is -2.60. The van der Waals surface area contributed by atoms with Crippen LogP contribution in [-0.2, 0) is 6.42 Å². The number of nitrogens with zero attached hydrogens (tertiary/aromatic N) is 1. The molecule has 1 aliphatic heterocycles. The Kier molecular flexibility index (Phi) is 5.62. The minimum atomic E-state index is 0.583. The van der Waals surface area contributed by atoms with Crippen molar-refractivity contribution in [1.82, 2.24) is 10.2 Å². The largest absolute Gasteiger partial charge is 0.311 e. The van der Waals surface area contributed by atoms with Crippen molar-refractivity contribution in [3.8, 4) is 0 Å². The van der Waals surface area contributed by atoms with Crippen LogP contribution in [0.4, 0.5) is 0 Å². The number of benzene rings is 1. The minimum absolute atomic E-state index is 0.583. The smallest absolute Gasteiger partial charge is 0.0249 e. The van der Waals surface area contributed by atoms with Crippen molar-refractivity contribution in [3.63, 3.8) is 0 Å². The Bertz CT molecular complexity index is 388. The van der Waals surface area contributed by atoms with Gasteiger partial charge in [-0.1, -0.05) is 50.6 Å². The fraction of sp³-hybridized carbons (Fsp3) is 0.667. The van der Waals surface area contributed by atoms with Crippen LogP contribution in [0.3, 0.4) is 0 Å². The molecule has 2 heteroatoms. The van der Waals surface area contributed by atoms with E-state index < -0.39 is 0 Å². The second-order valence-electron chi connectivity index (χ2n) is 6.54. The standard InChI is InChI=1S/C18H30N2/c1-5-15(4)18-12-19-17(13-20(18)14(2)3)11-16-9-7-6-8-10-16/h6-10,14-15,17-19H,5,11-13H2,1-4H3. The summed E-state index contributed by atoms with van der Waals surface area (Å²) in [7, 11) is 0. The second-order valence-corrected chi connectivity index (χ2v) is 6.54. The zero-order valence-electron chi connectivity index (χ0n) is 13.5. The van der Waals surface area contributed by atoms with Crippen LogP contribution in [0.5, 0.6) is 0 Å². The van der Waals surface area contributed by atoms with Crippen LogP contribution in [0.2, 0.25) is 0 Å². The Morgan fingerprint density at radius 2 is 1.90 bits per heavy atom. The van der Waals surface area contributed by atoms with E-state index in [4.69, 9.17) is 0 Å². The summed E-state index contributed by atoms with van der Waals surface area (Å²) in [6.45, 7) is 11.7. The van der Waals surface area contributed by atoms with E-state index in [1.54, 1.807) is 0 Å². The highest BCUT2D eigenvalue weighted by Crippen LogP contribution is 2.21. The van der Waals surface area contributed by atoms with Crippen LogP contribution in [-0.4, -0.2) is 36.1 Å². The van der Waals surface area contributed by atoms with E-state index in [1.165, 1.54) is 18.5 Å². The van der Waals surface area contributed by atoms with Gasteiger partial charge in [0.15, 0.2) is 0 Å². The maximum Gasteiger partial charge on any atom is 0.0249 e. The van der Waals surface area contributed by atoms with Gasteiger partial charge in [0.1, 0.15) is 0 Å². The maximum absolute atomic E-state index is 3.78. The van der Waals surface area contributed by atoms with Crippen molar-refractivity contribution >= 4 is 0 Å². The molecule has 2 nitrogen and oxygen atoms in total. The van der Waals surface area contributed by atoms with Crippen LogP contribution >= 0.6 is 0 Å². The van der Waals surface area contributed by atoms with Crippen LogP contribution < -0.4 is 5.32 Å². The zero-order chi connectivity index (χ0) is 14.5. The number of piperazine rings is 1. The first-order valence-corrected chi connectivity index (χ1v) is 8.14. The molecule has 1 aliphatic rings. The molecule has 3 atom stereocenters. The van der Waals surface area contributed by atoms with Crippen molar-refractivity contribution in [3.05, 3.63) is 35.9 Å². The van der Waals surface area contributed by atoms with E-state index >= 15 is 0 Å². The Labute approximate surface area is 124 Å². The summed E-state index contributed by atoms with van der Waals surface area (Å²) in [5.74, 6) is 0.766. The summed E-state index contributed by atoms with van der Waals surface area (Å²) >= 11 is 0. The van der Waals surface area contributed by atoms with Gasteiger partial charge >= 0.3 is 0 Å². The highest BCUT2D eigenvalue weighted by Gasteiger charge is 2.32. The molecular formula is C18H30N2. The molecular weight excluding hydrogens is 244 g/mol. The van der Waals surface area contributed by atoms with Gasteiger partial charge in [-0.25, -0.2) is 0 Å². The van der Waals surface area contributed by atoms with Gasteiger partial charge < -0.3 is 5.32 Å². The van der Waals surface area contributed by atoms with Gasteiger partial charge in [0.2, 0.25) is 0 Å². The van der Waals surface area contributed by atoms with E-state index in [9.17, 15) is 0 Å². The predicted molar refractivity (Wildman–Crippen MR) is 87.0 cm³/mol. The van der Waals surface area contributed by atoms with E-state index in [2.05, 4.69) is 68.2 Å². The number of rotatable bonds is 5. The molecule has 1 aromatic rings. The second kappa shape index (κ2) is 7.24. The third-order valence-corrected chi connectivity index (χ3v) is 4.76. The summed E-state index contributed by atoms with van der Waals surface area (Å²) in [5.41, 5.74) is 1.44. The first-order valence-electron chi connectivity index (χ1n) is 8.14. The molecule has 3 unspecified atom stereocenters. The number of hydrogen-bond acceptors (Lipinski definition) is 2. The molecule has 112 valence electrons. The van der Waals surface area contributed by atoms with Crippen molar-refractivity contribution in [2.45, 2.75) is 58.7 Å². The molecule has 0 bridgehead atoms. The molecule has 0 amide bonds. The maximum atomic E-state index is 3.78. The summed E-state index contributed by atoms with van der Waals surface area (Å²) in [5, 5.41) is 3.78. The molecule has 1 heterocycles. The number of hydrogen-bond donors (Lipinski definition) is 1. The van der Waals surface area contributed by atoms with Gasteiger partial charge in [-0.05, 0) is 31.7 Å². The monoisotopic (exact) mass is 274 g/mol.